The zero-order valence-corrected chi connectivity index (χ0v) is 16.8. The number of rotatable bonds is 10. The van der Waals surface area contributed by atoms with Gasteiger partial charge >= 0.3 is 5.97 Å². The fraction of sp³-hybridized carbons (Fsp3) is 0.632. The van der Waals surface area contributed by atoms with E-state index in [9.17, 15) is 45.6 Å². The van der Waals surface area contributed by atoms with E-state index >= 15 is 0 Å². The van der Waals surface area contributed by atoms with E-state index < -0.39 is 67.7 Å². The lowest BCUT2D eigenvalue weighted by Gasteiger charge is -2.46. The first-order valence-electron chi connectivity index (χ1n) is 9.54. The zero-order valence-electron chi connectivity index (χ0n) is 16.8. The third kappa shape index (κ3) is 5.75. The normalized spacial score (nSPS) is 31.6. The van der Waals surface area contributed by atoms with Gasteiger partial charge in [0.2, 0.25) is 0 Å². The molecule has 0 spiro atoms. The van der Waals surface area contributed by atoms with Crippen molar-refractivity contribution in [1.29, 1.82) is 0 Å². The summed E-state index contributed by atoms with van der Waals surface area (Å²) in [5.41, 5.74) is 0.649. The predicted molar refractivity (Wildman–Crippen MR) is 104 cm³/mol. The molecule has 0 amide bonds. The van der Waals surface area contributed by atoms with Crippen LogP contribution in [0.1, 0.15) is 0 Å². The summed E-state index contributed by atoms with van der Waals surface area (Å²) in [4.78, 5) is 14.1. The number of para-hydroxylation sites is 1. The monoisotopic (exact) mass is 447 g/mol. The SMILES string of the molecule is CN(CC(=O)[C@@H](O)[C@H](O[C@@]1(O)O[C@H](CO)[C@H](O)[C@H](O)[C@H]1O)[C@H](O)CO)c1ccccc1. The molecular formula is C19H29NO11. The van der Waals surface area contributed by atoms with E-state index in [1.165, 1.54) is 4.90 Å². The average molecular weight is 447 g/mol. The third-order valence-electron chi connectivity index (χ3n) is 5.03. The van der Waals surface area contributed by atoms with Crippen LogP contribution in [0.2, 0.25) is 0 Å². The van der Waals surface area contributed by atoms with Gasteiger partial charge in [0.1, 0.15) is 36.6 Å². The number of carbonyl (C=O) groups excluding carboxylic acids is 1. The van der Waals surface area contributed by atoms with Crippen molar-refractivity contribution in [2.24, 2.45) is 0 Å². The van der Waals surface area contributed by atoms with Crippen molar-refractivity contribution in [3.05, 3.63) is 30.3 Å². The molecule has 1 fully saturated rings. The maximum absolute atomic E-state index is 12.6. The first kappa shape index (κ1) is 25.5. The van der Waals surface area contributed by atoms with Crippen LogP contribution in [-0.4, -0.2) is 122 Å². The molecule has 8 atom stereocenters. The Morgan fingerprint density at radius 2 is 1.77 bits per heavy atom. The van der Waals surface area contributed by atoms with Crippen LogP contribution in [0.15, 0.2) is 30.3 Å². The molecular weight excluding hydrogens is 418 g/mol. The van der Waals surface area contributed by atoms with Crippen LogP contribution >= 0.6 is 0 Å². The molecule has 0 aliphatic carbocycles. The molecule has 0 aromatic heterocycles. The van der Waals surface area contributed by atoms with Gasteiger partial charge in [0.25, 0.3) is 0 Å². The molecule has 176 valence electrons. The van der Waals surface area contributed by atoms with E-state index in [1.54, 1.807) is 37.4 Å². The van der Waals surface area contributed by atoms with E-state index in [0.717, 1.165) is 0 Å². The molecule has 1 aliphatic heterocycles. The summed E-state index contributed by atoms with van der Waals surface area (Å²) < 4.78 is 9.99. The fourth-order valence-electron chi connectivity index (χ4n) is 3.16. The van der Waals surface area contributed by atoms with Crippen LogP contribution in [0, 0.1) is 0 Å². The number of ketones is 1. The summed E-state index contributed by atoms with van der Waals surface area (Å²) >= 11 is 0. The van der Waals surface area contributed by atoms with Crippen LogP contribution < -0.4 is 4.90 Å². The summed E-state index contributed by atoms with van der Waals surface area (Å²) in [5.74, 6) is -3.99. The topological polar surface area (TPSA) is 201 Å². The first-order chi connectivity index (χ1) is 14.6. The number of aliphatic hydroxyl groups excluding tert-OH is 7. The summed E-state index contributed by atoms with van der Waals surface area (Å²) in [6.45, 7) is -2.22. The number of nitrogens with zero attached hydrogens (tertiary/aromatic N) is 1. The molecule has 8 N–H and O–H groups in total. The van der Waals surface area contributed by atoms with E-state index in [0.29, 0.717) is 5.69 Å². The second-order valence-corrected chi connectivity index (χ2v) is 7.33. The lowest BCUT2D eigenvalue weighted by molar-refractivity contribution is -0.464. The highest BCUT2D eigenvalue weighted by Gasteiger charge is 2.56. The van der Waals surface area contributed by atoms with Crippen LogP contribution in [0.4, 0.5) is 5.69 Å². The number of carbonyl (C=O) groups is 1. The van der Waals surface area contributed by atoms with Gasteiger partial charge in [-0.3, -0.25) is 4.79 Å². The lowest BCUT2D eigenvalue weighted by atomic mass is 9.97. The molecule has 12 nitrogen and oxygen atoms in total. The number of benzene rings is 1. The van der Waals surface area contributed by atoms with Crippen LogP contribution in [0.5, 0.6) is 0 Å². The summed E-state index contributed by atoms with van der Waals surface area (Å²) in [6.07, 6.45) is -13.7. The minimum absolute atomic E-state index is 0.342. The summed E-state index contributed by atoms with van der Waals surface area (Å²) in [7, 11) is 1.57. The number of Topliss-reactive ketones (excluding diaryl/α,β-unsaturated/α-hetero) is 1. The number of hydrogen-bond acceptors (Lipinski definition) is 12. The number of aliphatic hydroxyl groups is 8. The van der Waals surface area contributed by atoms with Crippen molar-refractivity contribution < 1.29 is 55.1 Å². The van der Waals surface area contributed by atoms with Crippen LogP contribution in [0.3, 0.4) is 0 Å². The Labute approximate surface area is 178 Å². The van der Waals surface area contributed by atoms with Gasteiger partial charge in [0.15, 0.2) is 11.9 Å². The van der Waals surface area contributed by atoms with E-state index in [1.807, 2.05) is 0 Å². The molecule has 1 saturated heterocycles. The predicted octanol–water partition coefficient (Wildman–Crippen LogP) is -4.09. The van der Waals surface area contributed by atoms with E-state index in [2.05, 4.69) is 0 Å². The second kappa shape index (κ2) is 10.7. The Bertz CT molecular complexity index is 705. The summed E-state index contributed by atoms with van der Waals surface area (Å²) in [6, 6.07) is 8.68. The van der Waals surface area contributed by atoms with Crippen LogP contribution in [-0.2, 0) is 14.3 Å². The number of anilines is 1. The minimum Gasteiger partial charge on any atom is -0.394 e. The summed E-state index contributed by atoms with van der Waals surface area (Å²) in [5, 5.41) is 79.4. The Morgan fingerprint density at radius 3 is 2.32 bits per heavy atom. The third-order valence-corrected chi connectivity index (χ3v) is 5.03. The Hall–Kier alpha value is -1.71. The average Bonchev–Trinajstić information content (AvgIpc) is 2.78. The largest absolute Gasteiger partial charge is 0.394 e. The Kier molecular flexibility index (Phi) is 8.85. The van der Waals surface area contributed by atoms with Crippen LogP contribution in [0.25, 0.3) is 0 Å². The maximum atomic E-state index is 12.6. The molecule has 0 radical (unpaired) electrons. The molecule has 1 heterocycles. The highest BCUT2D eigenvalue weighted by molar-refractivity contribution is 5.87. The molecule has 31 heavy (non-hydrogen) atoms. The molecule has 0 saturated carbocycles. The van der Waals surface area contributed by atoms with Crippen molar-refractivity contribution in [2.45, 2.75) is 48.7 Å². The van der Waals surface area contributed by atoms with Crippen molar-refractivity contribution in [2.75, 3.05) is 31.7 Å². The van der Waals surface area contributed by atoms with Gasteiger partial charge < -0.3 is 55.2 Å². The molecule has 0 bridgehead atoms. The standard InChI is InChI=1S/C19H29NO11/c1-20(10-5-3-2-4-6-10)7-11(23)14(25)17(12(24)8-21)31-19(29)18(28)16(27)15(26)13(9-22)30-19/h2-6,12-18,21-22,24-29H,7-9H2,1H3/t12-,13-,14-,15+,16+,17-,18-,19+/m1/s1. The second-order valence-electron chi connectivity index (χ2n) is 7.33. The lowest BCUT2D eigenvalue weighted by Crippen LogP contribution is -2.68. The van der Waals surface area contributed by atoms with E-state index in [-0.39, 0.29) is 6.54 Å². The van der Waals surface area contributed by atoms with Gasteiger partial charge in [0.05, 0.1) is 19.8 Å². The van der Waals surface area contributed by atoms with Crippen molar-refractivity contribution in [3.63, 3.8) is 0 Å². The number of hydrogen-bond donors (Lipinski definition) is 8. The number of likely N-dealkylation sites (N-methyl/N-ethyl adjacent to an activating group) is 1. The molecule has 2 rings (SSSR count). The quantitative estimate of drug-likeness (QED) is 0.161. The van der Waals surface area contributed by atoms with Gasteiger partial charge in [-0.05, 0) is 12.1 Å². The molecule has 1 aliphatic rings. The smallest absolute Gasteiger partial charge is 0.311 e. The van der Waals surface area contributed by atoms with Gasteiger partial charge in [-0.15, -0.1) is 0 Å². The zero-order chi connectivity index (χ0) is 23.3. The Balaban J connectivity index is 2.19. The minimum atomic E-state index is -3.13. The molecule has 1 aromatic rings. The van der Waals surface area contributed by atoms with Gasteiger partial charge in [-0.1, -0.05) is 18.2 Å². The first-order valence-corrected chi connectivity index (χ1v) is 9.54. The fourth-order valence-corrected chi connectivity index (χ4v) is 3.16. The number of ether oxygens (including phenoxy) is 2. The van der Waals surface area contributed by atoms with Crippen molar-refractivity contribution in [1.82, 2.24) is 0 Å². The highest BCUT2D eigenvalue weighted by atomic mass is 16.8. The maximum Gasteiger partial charge on any atom is 0.311 e. The van der Waals surface area contributed by atoms with Crippen molar-refractivity contribution >= 4 is 11.5 Å². The van der Waals surface area contributed by atoms with Gasteiger partial charge in [-0.25, -0.2) is 0 Å². The molecule has 1 aromatic carbocycles. The molecule has 12 heteroatoms. The van der Waals surface area contributed by atoms with Gasteiger partial charge in [-0.2, -0.15) is 0 Å². The van der Waals surface area contributed by atoms with Gasteiger partial charge in [0, 0.05) is 12.7 Å². The molecule has 0 unspecified atom stereocenters. The van der Waals surface area contributed by atoms with E-state index in [4.69, 9.17) is 9.47 Å². The Morgan fingerprint density at radius 1 is 1.16 bits per heavy atom. The van der Waals surface area contributed by atoms with Crippen molar-refractivity contribution in [3.8, 4) is 0 Å². The highest BCUT2D eigenvalue weighted by Crippen LogP contribution is 2.31.